The van der Waals surface area contributed by atoms with Gasteiger partial charge in [0.15, 0.2) is 5.96 Å². The van der Waals surface area contributed by atoms with Gasteiger partial charge in [-0.3, -0.25) is 0 Å². The third kappa shape index (κ3) is 6.86. The van der Waals surface area contributed by atoms with Crippen molar-refractivity contribution in [2.75, 3.05) is 37.7 Å². The van der Waals surface area contributed by atoms with E-state index in [1.807, 2.05) is 0 Å². The molecule has 0 aliphatic carbocycles. The first kappa shape index (κ1) is 25.4. The van der Waals surface area contributed by atoms with Gasteiger partial charge >= 0.3 is 0 Å². The number of para-hydroxylation sites is 1. The average Bonchev–Trinajstić information content (AvgIpc) is 3.26. The van der Waals surface area contributed by atoms with Crippen molar-refractivity contribution in [1.29, 1.82) is 0 Å². The molecule has 1 fully saturated rings. The highest BCUT2D eigenvalue weighted by Gasteiger charge is 2.18. The van der Waals surface area contributed by atoms with Crippen molar-refractivity contribution in [3.05, 3.63) is 65.9 Å². The van der Waals surface area contributed by atoms with Crippen molar-refractivity contribution in [3.63, 3.8) is 0 Å². The largest absolute Gasteiger partial charge is 0.396 e. The third-order valence-electron chi connectivity index (χ3n) is 6.30. The maximum Gasteiger partial charge on any atom is 0.191 e. The van der Waals surface area contributed by atoms with Crippen molar-refractivity contribution in [3.8, 4) is 0 Å². The van der Waals surface area contributed by atoms with E-state index in [-0.39, 0.29) is 24.0 Å². The maximum absolute atomic E-state index is 9.33. The summed E-state index contributed by atoms with van der Waals surface area (Å²) in [4.78, 5) is 10.5. The predicted octanol–water partition coefficient (Wildman–Crippen LogP) is 4.29. The molecule has 0 bridgehead atoms. The molecule has 1 aliphatic heterocycles. The van der Waals surface area contributed by atoms with Crippen LogP contribution in [-0.2, 0) is 13.0 Å². The van der Waals surface area contributed by atoms with Gasteiger partial charge in [-0.15, -0.1) is 24.0 Å². The molecule has 2 heterocycles. The Hall–Kier alpha value is -2.26. The zero-order valence-electron chi connectivity index (χ0n) is 19.4. The average molecular weight is 562 g/mol. The van der Waals surface area contributed by atoms with Gasteiger partial charge in [0, 0.05) is 55.6 Å². The predicted molar refractivity (Wildman–Crippen MR) is 149 cm³/mol. The number of aromatic amines is 1. The van der Waals surface area contributed by atoms with Gasteiger partial charge in [0.2, 0.25) is 0 Å². The monoisotopic (exact) mass is 561 g/mol. The Kier molecular flexibility index (Phi) is 9.87. The van der Waals surface area contributed by atoms with E-state index in [1.165, 1.54) is 27.7 Å². The summed E-state index contributed by atoms with van der Waals surface area (Å²) in [6.45, 7) is 6.76. The summed E-state index contributed by atoms with van der Waals surface area (Å²) in [5, 5.41) is 17.4. The van der Waals surface area contributed by atoms with E-state index in [1.54, 1.807) is 0 Å². The van der Waals surface area contributed by atoms with Crippen molar-refractivity contribution in [2.24, 2.45) is 10.9 Å². The number of aromatic nitrogens is 1. The van der Waals surface area contributed by atoms with E-state index in [0.29, 0.717) is 19.1 Å². The number of rotatable bonds is 8. The molecule has 0 amide bonds. The number of hydrogen-bond acceptors (Lipinski definition) is 3. The summed E-state index contributed by atoms with van der Waals surface area (Å²) in [5.41, 5.74) is 4.97. The second-order valence-electron chi connectivity index (χ2n) is 8.51. The van der Waals surface area contributed by atoms with Crippen LogP contribution in [0.15, 0.2) is 59.7 Å². The van der Waals surface area contributed by atoms with Crippen LogP contribution >= 0.6 is 24.0 Å². The molecule has 0 unspecified atom stereocenters. The van der Waals surface area contributed by atoms with Gasteiger partial charge in [-0.1, -0.05) is 30.3 Å². The molecule has 33 heavy (non-hydrogen) atoms. The number of guanidine groups is 1. The van der Waals surface area contributed by atoms with E-state index in [0.717, 1.165) is 51.4 Å². The summed E-state index contributed by atoms with van der Waals surface area (Å²) >= 11 is 0. The Bertz CT molecular complexity index is 1010. The number of benzene rings is 2. The van der Waals surface area contributed by atoms with E-state index in [4.69, 9.17) is 4.99 Å². The van der Waals surface area contributed by atoms with Crippen LogP contribution in [0.3, 0.4) is 0 Å². The summed E-state index contributed by atoms with van der Waals surface area (Å²) < 4.78 is 0. The van der Waals surface area contributed by atoms with E-state index in [9.17, 15) is 5.11 Å². The Morgan fingerprint density at radius 2 is 1.85 bits per heavy atom. The summed E-state index contributed by atoms with van der Waals surface area (Å²) in [6.07, 6.45) is 5.18. The molecule has 6 nitrogen and oxygen atoms in total. The van der Waals surface area contributed by atoms with Gasteiger partial charge in [-0.2, -0.15) is 0 Å². The number of piperidine rings is 1. The number of aliphatic hydroxyl groups excluding tert-OH is 1. The number of hydrogen-bond donors (Lipinski definition) is 4. The Labute approximate surface area is 213 Å². The standard InChI is InChI=1S/C26H35N5O.HI/c1-2-27-26(28-14-11-22-18-29-25-6-4-3-5-24(22)25)30-17-20-7-9-23(10-8-20)31-15-12-21(19-32)13-16-31;/h3-10,18,21,29,32H,2,11-17,19H2,1H3,(H2,27,28,30);1H. The fourth-order valence-electron chi connectivity index (χ4n) is 4.35. The maximum atomic E-state index is 9.33. The van der Waals surface area contributed by atoms with Crippen molar-refractivity contribution in [2.45, 2.75) is 32.7 Å². The number of halogens is 1. The van der Waals surface area contributed by atoms with Gasteiger partial charge in [0.25, 0.3) is 0 Å². The SMILES string of the molecule is CCNC(=NCc1ccc(N2CCC(CO)CC2)cc1)NCCc1c[nH]c2ccccc12.I. The minimum atomic E-state index is 0. The topological polar surface area (TPSA) is 75.7 Å². The van der Waals surface area contributed by atoms with Gasteiger partial charge in [-0.05, 0) is 61.4 Å². The van der Waals surface area contributed by atoms with E-state index >= 15 is 0 Å². The van der Waals surface area contributed by atoms with Crippen LogP contribution in [0.2, 0.25) is 0 Å². The number of anilines is 1. The molecule has 4 N–H and O–H groups in total. The zero-order valence-corrected chi connectivity index (χ0v) is 21.7. The lowest BCUT2D eigenvalue weighted by Gasteiger charge is -2.32. The molecule has 1 aliphatic rings. The van der Waals surface area contributed by atoms with E-state index < -0.39 is 0 Å². The second kappa shape index (κ2) is 12.8. The molecule has 4 rings (SSSR count). The van der Waals surface area contributed by atoms with Gasteiger partial charge in [0.1, 0.15) is 0 Å². The molecule has 0 spiro atoms. The molecular formula is C26H36IN5O. The van der Waals surface area contributed by atoms with Gasteiger partial charge in [0.05, 0.1) is 6.54 Å². The minimum Gasteiger partial charge on any atom is -0.396 e. The van der Waals surface area contributed by atoms with Crippen LogP contribution < -0.4 is 15.5 Å². The third-order valence-corrected chi connectivity index (χ3v) is 6.30. The number of fused-ring (bicyclic) bond motifs is 1. The molecule has 0 saturated carbocycles. The molecule has 1 aromatic heterocycles. The number of nitrogens with one attached hydrogen (secondary N) is 3. The zero-order chi connectivity index (χ0) is 22.2. The normalized spacial score (nSPS) is 14.8. The molecule has 2 aromatic carbocycles. The van der Waals surface area contributed by atoms with Crippen molar-refractivity contribution >= 4 is 46.5 Å². The molecule has 7 heteroatoms. The lowest BCUT2D eigenvalue weighted by molar-refractivity contribution is 0.203. The highest BCUT2D eigenvalue weighted by atomic mass is 127. The van der Waals surface area contributed by atoms with E-state index in [2.05, 4.69) is 82.2 Å². The van der Waals surface area contributed by atoms with Crippen molar-refractivity contribution < 1.29 is 5.11 Å². The summed E-state index contributed by atoms with van der Waals surface area (Å²) in [5.74, 6) is 1.32. The molecule has 3 aromatic rings. The molecule has 1 saturated heterocycles. The minimum absolute atomic E-state index is 0. The number of aliphatic imine (C=N–C) groups is 1. The first-order valence-corrected chi connectivity index (χ1v) is 11.8. The molecule has 0 atom stereocenters. The Balaban J connectivity index is 0.00000306. The van der Waals surface area contributed by atoms with Crippen LogP contribution in [0.4, 0.5) is 5.69 Å². The smallest absolute Gasteiger partial charge is 0.191 e. The van der Waals surface area contributed by atoms with Crippen LogP contribution in [0.5, 0.6) is 0 Å². The molecular weight excluding hydrogens is 525 g/mol. The van der Waals surface area contributed by atoms with Crippen LogP contribution in [0.25, 0.3) is 10.9 Å². The van der Waals surface area contributed by atoms with Gasteiger partial charge in [-0.25, -0.2) is 4.99 Å². The quantitative estimate of drug-likeness (QED) is 0.188. The Morgan fingerprint density at radius 1 is 1.09 bits per heavy atom. The summed E-state index contributed by atoms with van der Waals surface area (Å²) in [7, 11) is 0. The molecule has 178 valence electrons. The number of aliphatic hydroxyl groups is 1. The fraction of sp³-hybridized carbons (Fsp3) is 0.423. The number of nitrogens with zero attached hydrogens (tertiary/aromatic N) is 2. The Morgan fingerprint density at radius 3 is 2.58 bits per heavy atom. The fourth-order valence-corrected chi connectivity index (χ4v) is 4.35. The second-order valence-corrected chi connectivity index (χ2v) is 8.51. The van der Waals surface area contributed by atoms with Crippen molar-refractivity contribution in [1.82, 2.24) is 15.6 Å². The highest BCUT2D eigenvalue weighted by molar-refractivity contribution is 14.0. The van der Waals surface area contributed by atoms with Crippen LogP contribution in [0, 0.1) is 5.92 Å². The lowest BCUT2D eigenvalue weighted by Crippen LogP contribution is -2.38. The van der Waals surface area contributed by atoms with Gasteiger partial charge < -0.3 is 25.6 Å². The van der Waals surface area contributed by atoms with Crippen LogP contribution in [-0.4, -0.2) is 48.8 Å². The lowest BCUT2D eigenvalue weighted by atomic mass is 9.97. The first-order valence-electron chi connectivity index (χ1n) is 11.8. The van der Waals surface area contributed by atoms with Crippen LogP contribution in [0.1, 0.15) is 30.9 Å². The number of H-pyrrole nitrogens is 1. The molecule has 0 radical (unpaired) electrons. The first-order chi connectivity index (χ1) is 15.8. The summed E-state index contributed by atoms with van der Waals surface area (Å²) in [6, 6.07) is 17.2. The highest BCUT2D eigenvalue weighted by Crippen LogP contribution is 2.23.